The molecule has 1 aliphatic rings. The van der Waals surface area contributed by atoms with Gasteiger partial charge in [0.25, 0.3) is 0 Å². The summed E-state index contributed by atoms with van der Waals surface area (Å²) in [6.45, 7) is 6.56. The van der Waals surface area contributed by atoms with Crippen LogP contribution in [0.3, 0.4) is 0 Å². The van der Waals surface area contributed by atoms with E-state index in [2.05, 4.69) is 4.72 Å². The Morgan fingerprint density at radius 2 is 2.00 bits per heavy atom. The first-order valence-electron chi connectivity index (χ1n) is 6.79. The summed E-state index contributed by atoms with van der Waals surface area (Å²) in [5, 5.41) is 0. The first kappa shape index (κ1) is 15.3. The molecule has 5 nitrogen and oxygen atoms in total. The van der Waals surface area contributed by atoms with Crippen molar-refractivity contribution in [3.8, 4) is 0 Å². The highest BCUT2D eigenvalue weighted by molar-refractivity contribution is 7.89. The highest BCUT2D eigenvalue weighted by Crippen LogP contribution is 2.28. The largest absolute Gasteiger partial charge is 0.398 e. The van der Waals surface area contributed by atoms with Crippen LogP contribution >= 0.6 is 0 Å². The molecule has 0 amide bonds. The first-order valence-corrected chi connectivity index (χ1v) is 8.27. The van der Waals surface area contributed by atoms with Crippen LogP contribution in [-0.2, 0) is 14.8 Å². The maximum atomic E-state index is 12.6. The molecular formula is C14H22N2O3S. The molecule has 20 heavy (non-hydrogen) atoms. The Morgan fingerprint density at radius 1 is 1.30 bits per heavy atom. The van der Waals surface area contributed by atoms with Crippen LogP contribution in [0.2, 0.25) is 0 Å². The summed E-state index contributed by atoms with van der Waals surface area (Å²) in [5.74, 6) is 0. The van der Waals surface area contributed by atoms with Crippen molar-refractivity contribution in [2.24, 2.45) is 0 Å². The highest BCUT2D eigenvalue weighted by Gasteiger charge is 2.26. The lowest BCUT2D eigenvalue weighted by atomic mass is 10.1. The summed E-state index contributed by atoms with van der Waals surface area (Å²) in [7, 11) is -3.58. The molecule has 0 radical (unpaired) electrons. The van der Waals surface area contributed by atoms with E-state index in [1.54, 1.807) is 6.92 Å². The number of sulfonamides is 1. The maximum Gasteiger partial charge on any atom is 0.241 e. The van der Waals surface area contributed by atoms with Gasteiger partial charge in [0, 0.05) is 18.3 Å². The van der Waals surface area contributed by atoms with E-state index >= 15 is 0 Å². The molecule has 0 aliphatic carbocycles. The summed E-state index contributed by atoms with van der Waals surface area (Å²) in [4.78, 5) is 0.306. The Kier molecular flexibility index (Phi) is 4.36. The summed E-state index contributed by atoms with van der Waals surface area (Å²) in [6.07, 6.45) is 1.68. The minimum Gasteiger partial charge on any atom is -0.398 e. The fraction of sp³-hybridized carbons (Fsp3) is 0.571. The molecule has 2 rings (SSSR count). The van der Waals surface area contributed by atoms with E-state index in [1.807, 2.05) is 19.9 Å². The van der Waals surface area contributed by atoms with Gasteiger partial charge in [-0.2, -0.15) is 0 Å². The summed E-state index contributed by atoms with van der Waals surface area (Å²) in [5.41, 5.74) is 8.65. The van der Waals surface area contributed by atoms with Gasteiger partial charge in [0.15, 0.2) is 0 Å². The van der Waals surface area contributed by atoms with Crippen LogP contribution in [-0.4, -0.2) is 27.7 Å². The molecular weight excluding hydrogens is 276 g/mol. The third-order valence-electron chi connectivity index (χ3n) is 3.83. The number of benzene rings is 1. The standard InChI is InChI=1S/C14H22N2O3S/c1-9-7-13(15)11(3)14(10(9)2)20(17,18)16-12-5-4-6-19-8-12/h7,12,16H,4-6,8,15H2,1-3H3. The number of anilines is 1. The number of nitrogen functional groups attached to an aromatic ring is 1. The molecule has 1 aliphatic heterocycles. The van der Waals surface area contributed by atoms with Crippen LogP contribution in [0.1, 0.15) is 29.5 Å². The number of nitrogens with one attached hydrogen (secondary N) is 1. The van der Waals surface area contributed by atoms with E-state index < -0.39 is 10.0 Å². The second-order valence-corrected chi connectivity index (χ2v) is 7.05. The molecule has 0 saturated carbocycles. The second-order valence-electron chi connectivity index (χ2n) is 5.40. The van der Waals surface area contributed by atoms with Crippen LogP contribution in [0.15, 0.2) is 11.0 Å². The first-order chi connectivity index (χ1) is 9.33. The fourth-order valence-corrected chi connectivity index (χ4v) is 4.38. The molecule has 112 valence electrons. The number of ether oxygens (including phenoxy) is 1. The maximum absolute atomic E-state index is 12.6. The average Bonchev–Trinajstić information content (AvgIpc) is 2.37. The molecule has 1 aromatic rings. The zero-order valence-electron chi connectivity index (χ0n) is 12.2. The van der Waals surface area contributed by atoms with E-state index in [4.69, 9.17) is 10.5 Å². The lowest BCUT2D eigenvalue weighted by molar-refractivity contribution is 0.0774. The van der Waals surface area contributed by atoms with Crippen molar-refractivity contribution in [2.75, 3.05) is 18.9 Å². The SMILES string of the molecule is Cc1cc(N)c(C)c(S(=O)(=O)NC2CCCOC2)c1C. The lowest BCUT2D eigenvalue weighted by Gasteiger charge is -2.24. The van der Waals surface area contributed by atoms with Crippen LogP contribution in [0, 0.1) is 20.8 Å². The number of aryl methyl sites for hydroxylation is 1. The smallest absolute Gasteiger partial charge is 0.241 e. The Hall–Kier alpha value is -1.11. The van der Waals surface area contributed by atoms with E-state index in [0.29, 0.717) is 29.4 Å². The molecule has 3 N–H and O–H groups in total. The zero-order valence-corrected chi connectivity index (χ0v) is 13.0. The molecule has 1 saturated heterocycles. The summed E-state index contributed by atoms with van der Waals surface area (Å²) in [6, 6.07) is 1.65. The quantitative estimate of drug-likeness (QED) is 0.831. The third kappa shape index (κ3) is 2.97. The minimum absolute atomic E-state index is 0.158. The van der Waals surface area contributed by atoms with Crippen molar-refractivity contribution in [3.05, 3.63) is 22.8 Å². The van der Waals surface area contributed by atoms with Gasteiger partial charge in [0.2, 0.25) is 10.0 Å². The molecule has 1 aromatic carbocycles. The predicted molar refractivity (Wildman–Crippen MR) is 79.2 cm³/mol. The number of rotatable bonds is 3. The minimum atomic E-state index is -3.58. The normalized spacial score (nSPS) is 20.1. The van der Waals surface area contributed by atoms with Gasteiger partial charge in [-0.1, -0.05) is 0 Å². The van der Waals surface area contributed by atoms with Crippen molar-refractivity contribution >= 4 is 15.7 Å². The highest BCUT2D eigenvalue weighted by atomic mass is 32.2. The van der Waals surface area contributed by atoms with Gasteiger partial charge < -0.3 is 10.5 Å². The Morgan fingerprint density at radius 3 is 2.60 bits per heavy atom. The lowest BCUT2D eigenvalue weighted by Crippen LogP contribution is -2.41. The number of nitrogens with two attached hydrogens (primary N) is 1. The van der Waals surface area contributed by atoms with Crippen LogP contribution in [0.5, 0.6) is 0 Å². The van der Waals surface area contributed by atoms with Gasteiger partial charge in [0.1, 0.15) is 0 Å². The van der Waals surface area contributed by atoms with E-state index in [1.165, 1.54) is 0 Å². The fourth-order valence-electron chi connectivity index (χ4n) is 2.56. The van der Waals surface area contributed by atoms with Crippen molar-refractivity contribution < 1.29 is 13.2 Å². The monoisotopic (exact) mass is 298 g/mol. The van der Waals surface area contributed by atoms with Crippen LogP contribution in [0.25, 0.3) is 0 Å². The van der Waals surface area contributed by atoms with Gasteiger partial charge in [-0.25, -0.2) is 13.1 Å². The number of hydrogen-bond donors (Lipinski definition) is 2. The second kappa shape index (κ2) is 5.71. The van der Waals surface area contributed by atoms with Crippen molar-refractivity contribution in [2.45, 2.75) is 44.6 Å². The number of hydrogen-bond acceptors (Lipinski definition) is 4. The van der Waals surface area contributed by atoms with Gasteiger partial charge in [0.05, 0.1) is 11.5 Å². The Bertz CT molecular complexity index is 579. The molecule has 1 atom stereocenters. The topological polar surface area (TPSA) is 81.4 Å². The molecule has 0 bridgehead atoms. The molecule has 6 heteroatoms. The van der Waals surface area contributed by atoms with E-state index in [-0.39, 0.29) is 6.04 Å². The van der Waals surface area contributed by atoms with Crippen molar-refractivity contribution in [3.63, 3.8) is 0 Å². The van der Waals surface area contributed by atoms with Gasteiger partial charge in [-0.05, 0) is 56.4 Å². The predicted octanol–water partition coefficient (Wildman–Crippen LogP) is 1.65. The molecule has 1 unspecified atom stereocenters. The van der Waals surface area contributed by atoms with Crippen molar-refractivity contribution in [1.82, 2.24) is 4.72 Å². The van der Waals surface area contributed by atoms with Crippen molar-refractivity contribution in [1.29, 1.82) is 0 Å². The van der Waals surface area contributed by atoms with E-state index in [9.17, 15) is 8.42 Å². The van der Waals surface area contributed by atoms with Gasteiger partial charge in [-0.15, -0.1) is 0 Å². The van der Waals surface area contributed by atoms with Crippen LogP contribution in [0.4, 0.5) is 5.69 Å². The Labute approximate surface area is 120 Å². The summed E-state index contributed by atoms with van der Waals surface area (Å²) >= 11 is 0. The molecule has 1 heterocycles. The average molecular weight is 298 g/mol. The van der Waals surface area contributed by atoms with Gasteiger partial charge >= 0.3 is 0 Å². The zero-order chi connectivity index (χ0) is 14.9. The molecule has 0 spiro atoms. The van der Waals surface area contributed by atoms with Gasteiger partial charge in [-0.3, -0.25) is 0 Å². The van der Waals surface area contributed by atoms with E-state index in [0.717, 1.165) is 24.0 Å². The Balaban J connectivity index is 2.38. The summed E-state index contributed by atoms with van der Waals surface area (Å²) < 4.78 is 33.3. The molecule has 1 fully saturated rings. The molecule has 0 aromatic heterocycles. The third-order valence-corrected chi connectivity index (χ3v) is 5.62. The van der Waals surface area contributed by atoms with Crippen LogP contribution < -0.4 is 10.5 Å².